The van der Waals surface area contributed by atoms with E-state index in [4.69, 9.17) is 9.97 Å². The molecule has 4 rings (SSSR count). The van der Waals surface area contributed by atoms with Crippen LogP contribution in [0.1, 0.15) is 75.4 Å². The summed E-state index contributed by atoms with van der Waals surface area (Å²) in [6, 6.07) is 0. The number of sulfonamides is 1. The van der Waals surface area contributed by atoms with Gasteiger partial charge >= 0.3 is 0 Å². The standard InChI is InChI=1S/C21H32N4O3S/c1-4-14(2)29(27,28)24-11-9-17(10-12-24)20-22-15(3)18-7-8-19(26)25(21(18)23-20)13-16-5-6-16/h14,16-17H,4-13H2,1-3H3. The van der Waals surface area contributed by atoms with Gasteiger partial charge in [-0.15, -0.1) is 0 Å². The van der Waals surface area contributed by atoms with Gasteiger partial charge in [0, 0.05) is 43.2 Å². The number of amides is 1. The summed E-state index contributed by atoms with van der Waals surface area (Å²) >= 11 is 0. The zero-order chi connectivity index (χ0) is 20.8. The van der Waals surface area contributed by atoms with Crippen LogP contribution in [0.15, 0.2) is 0 Å². The summed E-state index contributed by atoms with van der Waals surface area (Å²) in [6.07, 6.45) is 5.72. The normalized spacial score (nSPS) is 22.6. The number of hydrogen-bond donors (Lipinski definition) is 0. The zero-order valence-corrected chi connectivity index (χ0v) is 18.5. The molecule has 3 heterocycles. The Hall–Kier alpha value is -1.54. The van der Waals surface area contributed by atoms with Crippen LogP contribution in [-0.2, 0) is 21.2 Å². The molecule has 2 fully saturated rings. The average Bonchev–Trinajstić information content (AvgIpc) is 3.53. The Morgan fingerprint density at radius 1 is 1.10 bits per heavy atom. The van der Waals surface area contributed by atoms with Gasteiger partial charge in [-0.3, -0.25) is 9.69 Å². The Bertz CT molecular complexity index is 889. The Labute approximate surface area is 173 Å². The first-order valence-corrected chi connectivity index (χ1v) is 12.5. The maximum absolute atomic E-state index is 12.6. The molecule has 0 N–H and O–H groups in total. The molecule has 1 aromatic rings. The molecule has 7 nitrogen and oxygen atoms in total. The molecule has 0 radical (unpaired) electrons. The van der Waals surface area contributed by atoms with E-state index in [0.29, 0.717) is 38.3 Å². The fraction of sp³-hybridized carbons (Fsp3) is 0.762. The van der Waals surface area contributed by atoms with Crippen LogP contribution in [0, 0.1) is 12.8 Å². The summed E-state index contributed by atoms with van der Waals surface area (Å²) in [6.45, 7) is 7.50. The van der Waals surface area contributed by atoms with Gasteiger partial charge in [-0.25, -0.2) is 22.7 Å². The van der Waals surface area contributed by atoms with Gasteiger partial charge in [-0.2, -0.15) is 0 Å². The lowest BCUT2D eigenvalue weighted by molar-refractivity contribution is -0.119. The maximum Gasteiger partial charge on any atom is 0.228 e. The summed E-state index contributed by atoms with van der Waals surface area (Å²) in [5, 5.41) is -0.344. The summed E-state index contributed by atoms with van der Waals surface area (Å²) in [5.41, 5.74) is 2.07. The summed E-state index contributed by atoms with van der Waals surface area (Å²) in [4.78, 5) is 24.1. The van der Waals surface area contributed by atoms with E-state index in [1.54, 1.807) is 11.2 Å². The van der Waals surface area contributed by atoms with Crippen molar-refractivity contribution in [2.45, 2.75) is 76.9 Å². The van der Waals surface area contributed by atoms with Gasteiger partial charge in [0.25, 0.3) is 0 Å². The highest BCUT2D eigenvalue weighted by molar-refractivity contribution is 7.89. The van der Waals surface area contributed by atoms with Crippen molar-refractivity contribution in [1.82, 2.24) is 14.3 Å². The highest BCUT2D eigenvalue weighted by atomic mass is 32.2. The molecule has 1 aromatic heterocycles. The highest BCUT2D eigenvalue weighted by Gasteiger charge is 2.36. The van der Waals surface area contributed by atoms with E-state index < -0.39 is 10.0 Å². The van der Waals surface area contributed by atoms with Crippen LogP contribution in [0.5, 0.6) is 0 Å². The Kier molecular flexibility index (Phi) is 5.68. The van der Waals surface area contributed by atoms with Crippen LogP contribution >= 0.6 is 0 Å². The second-order valence-electron chi connectivity index (χ2n) is 8.85. The molecule has 3 aliphatic rings. The number of nitrogens with zero attached hydrogens (tertiary/aromatic N) is 4. The number of aryl methyl sites for hydroxylation is 1. The molecule has 8 heteroatoms. The molecule has 1 saturated heterocycles. The first kappa shape index (κ1) is 20.7. The van der Waals surface area contributed by atoms with Gasteiger partial charge in [0.2, 0.25) is 15.9 Å². The number of aromatic nitrogens is 2. The summed E-state index contributed by atoms with van der Waals surface area (Å²) < 4.78 is 26.9. The number of fused-ring (bicyclic) bond motifs is 1. The molecular formula is C21H32N4O3S. The minimum Gasteiger partial charge on any atom is -0.296 e. The van der Waals surface area contributed by atoms with Crippen LogP contribution in [0.3, 0.4) is 0 Å². The van der Waals surface area contributed by atoms with E-state index in [9.17, 15) is 13.2 Å². The third-order valence-corrected chi connectivity index (χ3v) is 9.19. The molecule has 0 aromatic carbocycles. The van der Waals surface area contributed by atoms with E-state index in [1.807, 2.05) is 18.7 Å². The second kappa shape index (κ2) is 7.95. The lowest BCUT2D eigenvalue weighted by Gasteiger charge is -2.34. The van der Waals surface area contributed by atoms with Gasteiger partial charge in [0.1, 0.15) is 11.6 Å². The number of rotatable bonds is 6. The molecule has 1 unspecified atom stereocenters. The van der Waals surface area contributed by atoms with Crippen LogP contribution in [0.2, 0.25) is 0 Å². The Balaban J connectivity index is 1.54. The molecule has 0 bridgehead atoms. The molecule has 1 aliphatic carbocycles. The van der Waals surface area contributed by atoms with Crippen LogP contribution in [-0.4, -0.2) is 53.5 Å². The highest BCUT2D eigenvalue weighted by Crippen LogP contribution is 2.36. The smallest absolute Gasteiger partial charge is 0.228 e. The predicted octanol–water partition coefficient (Wildman–Crippen LogP) is 2.78. The summed E-state index contributed by atoms with van der Waals surface area (Å²) in [7, 11) is -3.22. The lowest BCUT2D eigenvalue weighted by Crippen LogP contribution is -2.42. The average molecular weight is 421 g/mol. The monoisotopic (exact) mass is 420 g/mol. The lowest BCUT2D eigenvalue weighted by atomic mass is 9.96. The number of carbonyl (C=O) groups excluding carboxylic acids is 1. The second-order valence-corrected chi connectivity index (χ2v) is 11.2. The van der Waals surface area contributed by atoms with E-state index in [-0.39, 0.29) is 17.1 Å². The van der Waals surface area contributed by atoms with E-state index >= 15 is 0 Å². The molecule has 1 atom stereocenters. The predicted molar refractivity (Wildman–Crippen MR) is 112 cm³/mol. The van der Waals surface area contributed by atoms with Gasteiger partial charge in [-0.1, -0.05) is 6.92 Å². The van der Waals surface area contributed by atoms with Gasteiger partial charge in [0.05, 0.1) is 5.25 Å². The molecule has 0 spiro atoms. The van der Waals surface area contributed by atoms with Gasteiger partial charge in [-0.05, 0) is 58.3 Å². The van der Waals surface area contributed by atoms with Crippen molar-refractivity contribution in [3.8, 4) is 0 Å². The van der Waals surface area contributed by atoms with E-state index in [1.165, 1.54) is 12.8 Å². The number of hydrogen-bond acceptors (Lipinski definition) is 5. The Morgan fingerprint density at radius 2 is 1.79 bits per heavy atom. The van der Waals surface area contributed by atoms with E-state index in [2.05, 4.69) is 0 Å². The molecular weight excluding hydrogens is 388 g/mol. The minimum absolute atomic E-state index is 0.141. The largest absolute Gasteiger partial charge is 0.296 e. The number of piperidine rings is 1. The number of anilines is 1. The third kappa shape index (κ3) is 4.06. The van der Waals surface area contributed by atoms with Crippen molar-refractivity contribution in [2.24, 2.45) is 5.92 Å². The van der Waals surface area contributed by atoms with Crippen LogP contribution in [0.25, 0.3) is 0 Å². The van der Waals surface area contributed by atoms with E-state index in [0.717, 1.165) is 42.3 Å². The van der Waals surface area contributed by atoms with Crippen molar-refractivity contribution in [3.05, 3.63) is 17.1 Å². The Morgan fingerprint density at radius 3 is 2.41 bits per heavy atom. The SMILES string of the molecule is CCC(C)S(=O)(=O)N1CCC(c2nc(C)c3c(n2)N(CC2CC2)C(=O)CC3)CC1. The molecule has 1 saturated carbocycles. The molecule has 2 aliphatic heterocycles. The van der Waals surface area contributed by atoms with Crippen molar-refractivity contribution in [3.63, 3.8) is 0 Å². The van der Waals surface area contributed by atoms with Crippen molar-refractivity contribution >= 4 is 21.7 Å². The molecule has 160 valence electrons. The van der Waals surface area contributed by atoms with Gasteiger partial charge in [0.15, 0.2) is 0 Å². The van der Waals surface area contributed by atoms with Crippen molar-refractivity contribution < 1.29 is 13.2 Å². The van der Waals surface area contributed by atoms with Crippen molar-refractivity contribution in [2.75, 3.05) is 24.5 Å². The van der Waals surface area contributed by atoms with Crippen LogP contribution < -0.4 is 4.90 Å². The van der Waals surface area contributed by atoms with Crippen molar-refractivity contribution in [1.29, 1.82) is 0 Å². The molecule has 29 heavy (non-hydrogen) atoms. The topological polar surface area (TPSA) is 83.5 Å². The maximum atomic E-state index is 12.6. The fourth-order valence-electron chi connectivity index (χ4n) is 4.37. The minimum atomic E-state index is -3.22. The molecule has 1 amide bonds. The first-order chi connectivity index (χ1) is 13.8. The van der Waals surface area contributed by atoms with Crippen LogP contribution in [0.4, 0.5) is 5.82 Å². The summed E-state index contributed by atoms with van der Waals surface area (Å²) in [5.74, 6) is 2.50. The zero-order valence-electron chi connectivity index (χ0n) is 17.7. The van der Waals surface area contributed by atoms with Gasteiger partial charge < -0.3 is 0 Å². The quantitative estimate of drug-likeness (QED) is 0.707. The number of carbonyl (C=O) groups is 1. The fourth-order valence-corrected chi connectivity index (χ4v) is 6.02. The third-order valence-electron chi connectivity index (χ3n) is 6.75. The first-order valence-electron chi connectivity index (χ1n) is 11.0.